The lowest BCUT2D eigenvalue weighted by molar-refractivity contribution is -0.134. The van der Waals surface area contributed by atoms with Gasteiger partial charge in [-0.05, 0) is 6.92 Å². The van der Waals surface area contributed by atoms with Gasteiger partial charge in [0.25, 0.3) is 0 Å². The quantitative estimate of drug-likeness (QED) is 0.735. The molecule has 2 unspecified atom stereocenters. The third-order valence-electron chi connectivity index (χ3n) is 5.47. The Labute approximate surface area is 189 Å². The average molecular weight is 458 g/mol. The van der Waals surface area contributed by atoms with Gasteiger partial charge in [0.2, 0.25) is 17.6 Å². The number of benzene rings is 1. The van der Waals surface area contributed by atoms with Crippen LogP contribution in [-0.4, -0.2) is 77.8 Å². The number of hydrogen-bond donors (Lipinski definition) is 1. The zero-order valence-corrected chi connectivity index (χ0v) is 18.7. The van der Waals surface area contributed by atoms with E-state index in [2.05, 4.69) is 27.3 Å². The molecule has 0 radical (unpaired) electrons. The number of halogens is 2. The maximum absolute atomic E-state index is 12.5. The summed E-state index contributed by atoms with van der Waals surface area (Å²) in [6.45, 7) is 7.26. The second kappa shape index (κ2) is 11.6. The van der Waals surface area contributed by atoms with Crippen LogP contribution < -0.4 is 5.32 Å². The number of nitrogens with one attached hydrogen (secondary N) is 1. The van der Waals surface area contributed by atoms with E-state index in [-0.39, 0.29) is 42.8 Å². The van der Waals surface area contributed by atoms with Crippen LogP contribution in [0.2, 0.25) is 0 Å². The molecule has 2 aromatic rings. The van der Waals surface area contributed by atoms with Crippen molar-refractivity contribution >= 4 is 30.7 Å². The van der Waals surface area contributed by atoms with Crippen LogP contribution in [0.4, 0.5) is 0 Å². The monoisotopic (exact) mass is 457 g/mol. The first kappa shape index (κ1) is 24.6. The van der Waals surface area contributed by atoms with E-state index >= 15 is 0 Å². The molecule has 2 fully saturated rings. The first-order valence-electron chi connectivity index (χ1n) is 9.92. The van der Waals surface area contributed by atoms with Gasteiger partial charge in [-0.15, -0.1) is 24.8 Å². The van der Waals surface area contributed by atoms with Crippen molar-refractivity contribution < 1.29 is 14.1 Å². The Morgan fingerprint density at radius 2 is 1.93 bits per heavy atom. The van der Waals surface area contributed by atoms with Gasteiger partial charge < -0.3 is 19.5 Å². The van der Waals surface area contributed by atoms with E-state index < -0.39 is 0 Å². The summed E-state index contributed by atoms with van der Waals surface area (Å²) >= 11 is 0. The molecule has 0 saturated carbocycles. The summed E-state index contributed by atoms with van der Waals surface area (Å²) in [5, 5.41) is 7.46. The second-order valence-electron chi connectivity index (χ2n) is 7.35. The Bertz CT molecular complexity index is 778. The van der Waals surface area contributed by atoms with E-state index in [9.17, 15) is 4.79 Å². The molecule has 2 aliphatic heterocycles. The van der Waals surface area contributed by atoms with Crippen LogP contribution in [0.25, 0.3) is 11.4 Å². The van der Waals surface area contributed by atoms with E-state index in [0.717, 1.165) is 44.9 Å². The topological polar surface area (TPSA) is 83.7 Å². The van der Waals surface area contributed by atoms with Crippen LogP contribution in [0.3, 0.4) is 0 Å². The molecular formula is C20H29Cl2N5O3. The summed E-state index contributed by atoms with van der Waals surface area (Å²) in [6.07, 6.45) is 0.500. The van der Waals surface area contributed by atoms with Crippen LogP contribution >= 0.6 is 24.8 Å². The van der Waals surface area contributed by atoms with E-state index in [1.54, 1.807) is 0 Å². The number of amides is 1. The van der Waals surface area contributed by atoms with Gasteiger partial charge in [0.1, 0.15) is 0 Å². The van der Waals surface area contributed by atoms with Gasteiger partial charge in [-0.3, -0.25) is 9.69 Å². The van der Waals surface area contributed by atoms with Crippen molar-refractivity contribution in [3.63, 3.8) is 0 Å². The Kier molecular flexibility index (Phi) is 9.51. The van der Waals surface area contributed by atoms with E-state index in [1.165, 1.54) is 0 Å². The van der Waals surface area contributed by atoms with E-state index in [1.807, 2.05) is 35.2 Å². The number of carbonyl (C=O) groups is 1. The number of hydrogen-bond acceptors (Lipinski definition) is 7. The second-order valence-corrected chi connectivity index (χ2v) is 7.35. The highest BCUT2D eigenvalue weighted by Gasteiger charge is 2.29. The molecule has 2 atom stereocenters. The molecule has 10 heteroatoms. The number of aromatic nitrogens is 2. The van der Waals surface area contributed by atoms with Gasteiger partial charge in [-0.25, -0.2) is 0 Å². The zero-order chi connectivity index (χ0) is 19.3. The number of carbonyl (C=O) groups excluding carboxylic acids is 1. The molecule has 1 aromatic carbocycles. The molecule has 8 nitrogen and oxygen atoms in total. The molecule has 1 amide bonds. The van der Waals surface area contributed by atoms with Crippen LogP contribution in [0.15, 0.2) is 34.9 Å². The van der Waals surface area contributed by atoms with Crippen LogP contribution in [0.5, 0.6) is 0 Å². The normalized spacial score (nSPS) is 20.7. The molecule has 30 heavy (non-hydrogen) atoms. The highest BCUT2D eigenvalue weighted by atomic mass is 35.5. The Hall–Kier alpha value is -1.71. The molecule has 4 rings (SSSR count). The summed E-state index contributed by atoms with van der Waals surface area (Å²) in [5.41, 5.74) is 0.945. The van der Waals surface area contributed by atoms with Gasteiger partial charge in [0.05, 0.1) is 19.3 Å². The smallest absolute Gasteiger partial charge is 0.244 e. The fourth-order valence-electron chi connectivity index (χ4n) is 3.71. The summed E-state index contributed by atoms with van der Waals surface area (Å²) in [7, 11) is 0. The molecule has 0 spiro atoms. The lowest BCUT2D eigenvalue weighted by Gasteiger charge is -2.37. The maximum Gasteiger partial charge on any atom is 0.244 e. The molecule has 0 aliphatic carbocycles. The van der Waals surface area contributed by atoms with Crippen LogP contribution in [0.1, 0.15) is 25.3 Å². The lowest BCUT2D eigenvalue weighted by atomic mass is 10.1. The Balaban J connectivity index is 0.00000160. The largest absolute Gasteiger partial charge is 0.378 e. The number of rotatable bonds is 5. The number of nitrogens with zero attached hydrogens (tertiary/aromatic N) is 4. The first-order valence-corrected chi connectivity index (χ1v) is 9.92. The van der Waals surface area contributed by atoms with Crippen molar-refractivity contribution in [1.29, 1.82) is 0 Å². The fourth-order valence-corrected chi connectivity index (χ4v) is 3.71. The van der Waals surface area contributed by atoms with E-state index in [4.69, 9.17) is 9.26 Å². The molecule has 3 heterocycles. The molecular weight excluding hydrogens is 429 g/mol. The van der Waals surface area contributed by atoms with Crippen LogP contribution in [-0.2, 0) is 9.53 Å². The summed E-state index contributed by atoms with van der Waals surface area (Å²) in [6, 6.07) is 9.97. The molecule has 166 valence electrons. The summed E-state index contributed by atoms with van der Waals surface area (Å²) in [5.74, 6) is 1.42. The summed E-state index contributed by atoms with van der Waals surface area (Å²) in [4.78, 5) is 21.3. The molecule has 1 N–H and O–H groups in total. The maximum atomic E-state index is 12.5. The standard InChI is InChI=1S/C20H27N5O3.2ClH/c1-15(20-22-19(23-28-20)16-5-3-2-4-6-16)24-8-10-25(11-9-24)18(26)13-17-14-27-12-7-21-17;;/h2-6,15,17,21H,7-14H2,1H3;2*1H. The number of morpholine rings is 1. The fraction of sp³-hybridized carbons (Fsp3) is 0.550. The van der Waals surface area contributed by atoms with Gasteiger partial charge in [-0.1, -0.05) is 35.5 Å². The molecule has 0 bridgehead atoms. The third-order valence-corrected chi connectivity index (χ3v) is 5.47. The predicted molar refractivity (Wildman–Crippen MR) is 118 cm³/mol. The minimum atomic E-state index is 0. The van der Waals surface area contributed by atoms with E-state index in [0.29, 0.717) is 24.7 Å². The summed E-state index contributed by atoms with van der Waals surface area (Å²) < 4.78 is 10.9. The van der Waals surface area contributed by atoms with Crippen molar-refractivity contribution in [2.24, 2.45) is 0 Å². The lowest BCUT2D eigenvalue weighted by Crippen LogP contribution is -2.51. The third kappa shape index (κ3) is 5.92. The van der Waals surface area contributed by atoms with Crippen LogP contribution in [0, 0.1) is 0 Å². The minimum absolute atomic E-state index is 0. The number of ether oxygens (including phenoxy) is 1. The predicted octanol–water partition coefficient (Wildman–Crippen LogP) is 2.16. The SMILES string of the molecule is CC(c1nc(-c2ccccc2)no1)N1CCN(C(=O)CC2COCCN2)CC1.Cl.Cl. The number of piperazine rings is 1. The van der Waals surface area contributed by atoms with Crippen molar-refractivity contribution in [3.05, 3.63) is 36.2 Å². The molecule has 2 aliphatic rings. The van der Waals surface area contributed by atoms with Gasteiger partial charge in [-0.2, -0.15) is 4.98 Å². The van der Waals surface area contributed by atoms with Gasteiger partial charge >= 0.3 is 0 Å². The average Bonchev–Trinajstić information content (AvgIpc) is 3.25. The Morgan fingerprint density at radius 3 is 2.60 bits per heavy atom. The van der Waals surface area contributed by atoms with Crippen molar-refractivity contribution in [2.75, 3.05) is 45.9 Å². The molecule has 1 aromatic heterocycles. The minimum Gasteiger partial charge on any atom is -0.378 e. The molecule has 2 saturated heterocycles. The van der Waals surface area contributed by atoms with Crippen molar-refractivity contribution in [1.82, 2.24) is 25.3 Å². The van der Waals surface area contributed by atoms with Crippen molar-refractivity contribution in [2.45, 2.75) is 25.4 Å². The zero-order valence-electron chi connectivity index (χ0n) is 17.0. The van der Waals surface area contributed by atoms with Gasteiger partial charge in [0, 0.05) is 50.7 Å². The van der Waals surface area contributed by atoms with Gasteiger partial charge in [0.15, 0.2) is 0 Å². The highest BCUT2D eigenvalue weighted by molar-refractivity contribution is 5.85. The Morgan fingerprint density at radius 1 is 1.20 bits per heavy atom. The van der Waals surface area contributed by atoms with Crippen molar-refractivity contribution in [3.8, 4) is 11.4 Å². The highest BCUT2D eigenvalue weighted by Crippen LogP contribution is 2.23. The first-order chi connectivity index (χ1) is 13.7.